The number of nitrogens with zero attached hydrogens (tertiary/aromatic N) is 1. The molecule has 1 amide bonds. The second-order valence-corrected chi connectivity index (χ2v) is 7.18. The van der Waals surface area contributed by atoms with Crippen molar-refractivity contribution in [3.63, 3.8) is 0 Å². The summed E-state index contributed by atoms with van der Waals surface area (Å²) in [6, 6.07) is 17.8. The molecule has 1 atom stereocenters. The van der Waals surface area contributed by atoms with Crippen LogP contribution in [0.5, 0.6) is 5.75 Å². The molecule has 138 valence electrons. The third-order valence-corrected chi connectivity index (χ3v) is 4.71. The fourth-order valence-corrected chi connectivity index (χ4v) is 3.11. The van der Waals surface area contributed by atoms with Crippen LogP contribution in [0.4, 0.5) is 0 Å². The minimum absolute atomic E-state index is 0.00207. The maximum absolute atomic E-state index is 12.0. The monoisotopic (exact) mass is 418 g/mol. The largest absolute Gasteiger partial charge is 0.484 e. The Morgan fingerprint density at radius 1 is 1.19 bits per heavy atom. The van der Waals surface area contributed by atoms with Crippen molar-refractivity contribution in [2.75, 3.05) is 32.8 Å². The molecule has 1 heterocycles. The van der Waals surface area contributed by atoms with E-state index in [1.807, 2.05) is 30.3 Å². The number of amides is 1. The molecule has 1 N–H and O–H groups in total. The van der Waals surface area contributed by atoms with Crippen LogP contribution in [0, 0.1) is 0 Å². The molecule has 0 spiro atoms. The van der Waals surface area contributed by atoms with E-state index in [9.17, 15) is 4.79 Å². The average molecular weight is 419 g/mol. The van der Waals surface area contributed by atoms with Crippen molar-refractivity contribution in [3.8, 4) is 5.75 Å². The van der Waals surface area contributed by atoms with Gasteiger partial charge >= 0.3 is 0 Å². The molecular weight excluding hydrogens is 396 g/mol. The Morgan fingerprint density at radius 3 is 2.73 bits per heavy atom. The van der Waals surface area contributed by atoms with Crippen LogP contribution in [0.25, 0.3) is 0 Å². The fourth-order valence-electron chi connectivity index (χ4n) is 2.85. The molecule has 1 saturated heterocycles. The third kappa shape index (κ3) is 6.12. The molecule has 5 nitrogen and oxygen atoms in total. The Morgan fingerprint density at radius 2 is 1.96 bits per heavy atom. The van der Waals surface area contributed by atoms with E-state index in [0.717, 1.165) is 24.1 Å². The molecule has 6 heteroatoms. The van der Waals surface area contributed by atoms with Gasteiger partial charge in [-0.25, -0.2) is 0 Å². The van der Waals surface area contributed by atoms with E-state index in [-0.39, 0.29) is 18.6 Å². The van der Waals surface area contributed by atoms with Gasteiger partial charge < -0.3 is 14.8 Å². The summed E-state index contributed by atoms with van der Waals surface area (Å²) in [5.41, 5.74) is 1.29. The van der Waals surface area contributed by atoms with Gasteiger partial charge in [-0.1, -0.05) is 46.3 Å². The fraction of sp³-hybridized carbons (Fsp3) is 0.350. The van der Waals surface area contributed by atoms with E-state index in [0.29, 0.717) is 18.9 Å². The summed E-state index contributed by atoms with van der Waals surface area (Å²) in [6.45, 7) is 3.80. The van der Waals surface area contributed by atoms with Crippen molar-refractivity contribution in [1.82, 2.24) is 10.2 Å². The van der Waals surface area contributed by atoms with E-state index in [1.54, 1.807) is 0 Å². The SMILES string of the molecule is O=C(COc1ccc(Br)cc1)NC[C@@H]1CN(Cc2ccccc2)CCO1. The third-order valence-electron chi connectivity index (χ3n) is 4.18. The zero-order valence-corrected chi connectivity index (χ0v) is 16.2. The molecule has 0 radical (unpaired) electrons. The Labute approximate surface area is 162 Å². The van der Waals surface area contributed by atoms with E-state index in [4.69, 9.17) is 9.47 Å². The van der Waals surface area contributed by atoms with Crippen LogP contribution in [0.15, 0.2) is 59.1 Å². The number of carbonyl (C=O) groups is 1. The molecule has 2 aromatic carbocycles. The highest BCUT2D eigenvalue weighted by molar-refractivity contribution is 9.10. The lowest BCUT2D eigenvalue weighted by molar-refractivity contribution is -0.124. The van der Waals surface area contributed by atoms with Gasteiger partial charge in [-0.05, 0) is 29.8 Å². The van der Waals surface area contributed by atoms with Crippen LogP contribution < -0.4 is 10.1 Å². The number of benzene rings is 2. The number of hydrogen-bond donors (Lipinski definition) is 1. The highest BCUT2D eigenvalue weighted by atomic mass is 79.9. The molecule has 1 aliphatic rings. The predicted molar refractivity (Wildman–Crippen MR) is 104 cm³/mol. The Balaban J connectivity index is 1.38. The molecule has 0 saturated carbocycles. The van der Waals surface area contributed by atoms with Crippen molar-refractivity contribution in [2.45, 2.75) is 12.6 Å². The lowest BCUT2D eigenvalue weighted by Gasteiger charge is -2.33. The highest BCUT2D eigenvalue weighted by Gasteiger charge is 2.21. The first kappa shape index (κ1) is 18.9. The van der Waals surface area contributed by atoms with Crippen molar-refractivity contribution in [3.05, 3.63) is 64.6 Å². The van der Waals surface area contributed by atoms with Gasteiger partial charge in [-0.15, -0.1) is 0 Å². The first-order chi connectivity index (χ1) is 12.7. The minimum atomic E-state index is -0.142. The summed E-state index contributed by atoms with van der Waals surface area (Å²) in [5, 5.41) is 2.89. The standard InChI is InChI=1S/C20H23BrN2O3/c21-17-6-8-18(9-7-17)26-15-20(24)22-12-19-14-23(10-11-25-19)13-16-4-2-1-3-5-16/h1-9,19H,10-15H2,(H,22,24)/t19-/m1/s1. The smallest absolute Gasteiger partial charge is 0.258 e. The van der Waals surface area contributed by atoms with Gasteiger partial charge in [-0.3, -0.25) is 9.69 Å². The predicted octanol–water partition coefficient (Wildman–Crippen LogP) is 2.85. The number of ether oxygens (including phenoxy) is 2. The van der Waals surface area contributed by atoms with E-state index < -0.39 is 0 Å². The van der Waals surface area contributed by atoms with Crippen LogP contribution >= 0.6 is 15.9 Å². The zero-order valence-electron chi connectivity index (χ0n) is 14.6. The molecule has 3 rings (SSSR count). The number of nitrogens with one attached hydrogen (secondary N) is 1. The number of morpholine rings is 1. The normalized spacial score (nSPS) is 17.7. The topological polar surface area (TPSA) is 50.8 Å². The first-order valence-corrected chi connectivity index (χ1v) is 9.51. The maximum atomic E-state index is 12.0. The number of carbonyl (C=O) groups excluding carboxylic acids is 1. The molecule has 2 aromatic rings. The Hall–Kier alpha value is -1.89. The van der Waals surface area contributed by atoms with Crippen LogP contribution in [0.1, 0.15) is 5.56 Å². The second-order valence-electron chi connectivity index (χ2n) is 6.26. The summed E-state index contributed by atoms with van der Waals surface area (Å²) < 4.78 is 12.2. The zero-order chi connectivity index (χ0) is 18.2. The number of rotatable bonds is 7. The van der Waals surface area contributed by atoms with Crippen LogP contribution in [0.3, 0.4) is 0 Å². The Bertz CT molecular complexity index is 694. The molecule has 0 aliphatic carbocycles. The lowest BCUT2D eigenvalue weighted by atomic mass is 10.2. The quantitative estimate of drug-likeness (QED) is 0.750. The molecule has 1 fully saturated rings. The van der Waals surface area contributed by atoms with Gasteiger partial charge in [0, 0.05) is 30.7 Å². The maximum Gasteiger partial charge on any atom is 0.258 e. The highest BCUT2D eigenvalue weighted by Crippen LogP contribution is 2.16. The molecule has 0 bridgehead atoms. The molecule has 26 heavy (non-hydrogen) atoms. The van der Waals surface area contributed by atoms with E-state index in [2.05, 4.69) is 50.4 Å². The van der Waals surface area contributed by atoms with Crippen molar-refractivity contribution < 1.29 is 14.3 Å². The minimum Gasteiger partial charge on any atom is -0.484 e. The lowest BCUT2D eigenvalue weighted by Crippen LogP contribution is -2.47. The van der Waals surface area contributed by atoms with Gasteiger partial charge in [0.05, 0.1) is 12.7 Å². The summed E-state index contributed by atoms with van der Waals surface area (Å²) in [7, 11) is 0. The molecule has 0 aromatic heterocycles. The van der Waals surface area contributed by atoms with E-state index >= 15 is 0 Å². The summed E-state index contributed by atoms with van der Waals surface area (Å²) in [5.74, 6) is 0.531. The van der Waals surface area contributed by atoms with E-state index in [1.165, 1.54) is 5.56 Å². The van der Waals surface area contributed by atoms with Gasteiger partial charge in [0.25, 0.3) is 5.91 Å². The Kier molecular flexibility index (Phi) is 7.05. The van der Waals surface area contributed by atoms with Crippen LogP contribution in [-0.4, -0.2) is 49.8 Å². The molecular formula is C20H23BrN2O3. The number of halogens is 1. The summed E-state index contributed by atoms with van der Waals surface area (Å²) >= 11 is 3.37. The molecule has 0 unspecified atom stereocenters. The van der Waals surface area contributed by atoms with Crippen molar-refractivity contribution in [1.29, 1.82) is 0 Å². The average Bonchev–Trinajstić information content (AvgIpc) is 2.67. The van der Waals surface area contributed by atoms with Gasteiger partial charge in [0.1, 0.15) is 5.75 Å². The summed E-state index contributed by atoms with van der Waals surface area (Å²) in [4.78, 5) is 14.3. The van der Waals surface area contributed by atoms with Crippen molar-refractivity contribution in [2.24, 2.45) is 0 Å². The first-order valence-electron chi connectivity index (χ1n) is 8.72. The van der Waals surface area contributed by atoms with Gasteiger partial charge in [-0.2, -0.15) is 0 Å². The van der Waals surface area contributed by atoms with Crippen molar-refractivity contribution >= 4 is 21.8 Å². The summed E-state index contributed by atoms with van der Waals surface area (Å²) in [6.07, 6.45) is 0.00379. The van der Waals surface area contributed by atoms with Gasteiger partial charge in [0.2, 0.25) is 0 Å². The van der Waals surface area contributed by atoms with Crippen LogP contribution in [0.2, 0.25) is 0 Å². The second kappa shape index (κ2) is 9.71. The molecule has 1 aliphatic heterocycles. The number of hydrogen-bond acceptors (Lipinski definition) is 4. The van der Waals surface area contributed by atoms with Gasteiger partial charge in [0.15, 0.2) is 6.61 Å². The van der Waals surface area contributed by atoms with Crippen LogP contribution in [-0.2, 0) is 16.1 Å².